The van der Waals surface area contributed by atoms with Gasteiger partial charge in [-0.25, -0.2) is 8.42 Å². The highest BCUT2D eigenvalue weighted by Gasteiger charge is 2.34. The summed E-state index contributed by atoms with van der Waals surface area (Å²) in [7, 11) is -3.57. The number of hydrogen-bond donors (Lipinski definition) is 1. The number of carbonyl (C=O) groups excluding carboxylic acids is 1. The number of sulfonamides is 1. The Hall–Kier alpha value is -2.58. The first-order valence-corrected chi connectivity index (χ1v) is 13.4. The summed E-state index contributed by atoms with van der Waals surface area (Å²) in [5.74, 6) is 1.35. The van der Waals surface area contributed by atoms with E-state index in [-0.39, 0.29) is 23.8 Å². The maximum Gasteiger partial charge on any atom is 0.243 e. The van der Waals surface area contributed by atoms with Crippen LogP contribution in [0.2, 0.25) is 0 Å². The first kappa shape index (κ1) is 24.5. The van der Waals surface area contributed by atoms with E-state index in [1.165, 1.54) is 4.31 Å². The highest BCUT2D eigenvalue weighted by Crippen LogP contribution is 2.35. The molecule has 1 fully saturated rings. The molecule has 0 saturated carbocycles. The van der Waals surface area contributed by atoms with E-state index in [0.717, 1.165) is 22.4 Å². The summed E-state index contributed by atoms with van der Waals surface area (Å²) < 4.78 is 39.2. The average molecular weight is 487 g/mol. The standard InChI is InChI=1S/C26H34N2O5S/c1-17(2)25(21-6-7-22-23(16-21)33-14-13-32-22)27-26(29)20-9-11-28(12-10-20)34(30,31)24-8-5-18(3)15-19(24)4/h5-8,15-17,20,25H,9-14H2,1-4H3,(H,27,29). The van der Waals surface area contributed by atoms with Gasteiger partial charge < -0.3 is 14.8 Å². The number of aryl methyl sites for hydroxylation is 2. The molecule has 0 radical (unpaired) electrons. The smallest absolute Gasteiger partial charge is 0.243 e. The predicted octanol–water partition coefficient (Wildman–Crippen LogP) is 3.99. The lowest BCUT2D eigenvalue weighted by Crippen LogP contribution is -2.44. The van der Waals surface area contributed by atoms with Crippen molar-refractivity contribution in [1.29, 1.82) is 0 Å². The second kappa shape index (κ2) is 9.96. The van der Waals surface area contributed by atoms with Crippen LogP contribution in [0.25, 0.3) is 0 Å². The van der Waals surface area contributed by atoms with E-state index in [4.69, 9.17) is 9.47 Å². The van der Waals surface area contributed by atoms with Crippen molar-refractivity contribution in [3.63, 3.8) is 0 Å². The van der Waals surface area contributed by atoms with E-state index in [9.17, 15) is 13.2 Å². The maximum atomic E-state index is 13.2. The average Bonchev–Trinajstić information content (AvgIpc) is 2.81. The van der Waals surface area contributed by atoms with Gasteiger partial charge >= 0.3 is 0 Å². The molecule has 184 valence electrons. The molecule has 34 heavy (non-hydrogen) atoms. The van der Waals surface area contributed by atoms with Crippen molar-refractivity contribution in [1.82, 2.24) is 9.62 Å². The van der Waals surface area contributed by atoms with E-state index in [1.807, 2.05) is 44.2 Å². The molecule has 2 heterocycles. The summed E-state index contributed by atoms with van der Waals surface area (Å²) in [6.45, 7) is 9.64. The van der Waals surface area contributed by atoms with Crippen LogP contribution in [0.15, 0.2) is 41.3 Å². The number of piperidine rings is 1. The number of nitrogens with one attached hydrogen (secondary N) is 1. The number of rotatable bonds is 6. The van der Waals surface area contributed by atoms with E-state index in [2.05, 4.69) is 19.2 Å². The van der Waals surface area contributed by atoms with Crippen molar-refractivity contribution in [3.8, 4) is 11.5 Å². The van der Waals surface area contributed by atoms with Crippen molar-refractivity contribution in [2.24, 2.45) is 11.8 Å². The molecular formula is C26H34N2O5S. The molecule has 2 aliphatic rings. The molecule has 0 aliphatic carbocycles. The normalized spacial score (nSPS) is 18.0. The molecule has 1 atom stereocenters. The van der Waals surface area contributed by atoms with Gasteiger partial charge in [0.1, 0.15) is 13.2 Å². The van der Waals surface area contributed by atoms with Crippen LogP contribution in [-0.2, 0) is 14.8 Å². The number of amides is 1. The van der Waals surface area contributed by atoms with Crippen molar-refractivity contribution in [3.05, 3.63) is 53.1 Å². The van der Waals surface area contributed by atoms with Gasteiger partial charge in [0.25, 0.3) is 0 Å². The van der Waals surface area contributed by atoms with Gasteiger partial charge in [0.2, 0.25) is 15.9 Å². The van der Waals surface area contributed by atoms with Crippen LogP contribution < -0.4 is 14.8 Å². The molecule has 1 N–H and O–H groups in total. The molecule has 1 saturated heterocycles. The third-order valence-corrected chi connectivity index (χ3v) is 8.72. The summed E-state index contributed by atoms with van der Waals surface area (Å²) in [5.41, 5.74) is 2.76. The minimum absolute atomic E-state index is 0.0304. The second-order valence-corrected chi connectivity index (χ2v) is 11.5. The van der Waals surface area contributed by atoms with Gasteiger partial charge in [-0.2, -0.15) is 4.31 Å². The Labute approximate surface area is 202 Å². The van der Waals surface area contributed by atoms with Gasteiger partial charge in [-0.1, -0.05) is 37.6 Å². The largest absolute Gasteiger partial charge is 0.486 e. The lowest BCUT2D eigenvalue weighted by Gasteiger charge is -2.32. The zero-order valence-corrected chi connectivity index (χ0v) is 21.2. The number of ether oxygens (including phenoxy) is 2. The summed E-state index contributed by atoms with van der Waals surface area (Å²) in [6.07, 6.45) is 1.00. The summed E-state index contributed by atoms with van der Waals surface area (Å²) in [4.78, 5) is 13.5. The first-order valence-electron chi connectivity index (χ1n) is 11.9. The first-order chi connectivity index (χ1) is 16.2. The monoisotopic (exact) mass is 486 g/mol. The lowest BCUT2D eigenvalue weighted by atomic mass is 9.92. The Morgan fingerprint density at radius 3 is 2.32 bits per heavy atom. The third kappa shape index (κ3) is 5.08. The highest BCUT2D eigenvalue weighted by atomic mass is 32.2. The maximum absolute atomic E-state index is 13.2. The fourth-order valence-corrected chi connectivity index (χ4v) is 6.42. The molecule has 0 spiro atoms. The van der Waals surface area contributed by atoms with Crippen molar-refractivity contribution in [2.45, 2.75) is 51.5 Å². The Bertz CT molecular complexity index is 1150. The molecule has 0 aromatic heterocycles. The number of carbonyl (C=O) groups is 1. The third-order valence-electron chi connectivity index (χ3n) is 6.66. The molecule has 8 heteroatoms. The van der Waals surface area contributed by atoms with Crippen LogP contribution >= 0.6 is 0 Å². The molecule has 1 unspecified atom stereocenters. The van der Waals surface area contributed by atoms with Crippen molar-refractivity contribution >= 4 is 15.9 Å². The van der Waals surface area contributed by atoms with Gasteiger partial charge in [0.15, 0.2) is 11.5 Å². The van der Waals surface area contributed by atoms with Crippen LogP contribution in [0.4, 0.5) is 0 Å². The van der Waals surface area contributed by atoms with Crippen LogP contribution in [-0.4, -0.2) is 44.9 Å². The highest BCUT2D eigenvalue weighted by molar-refractivity contribution is 7.89. The van der Waals surface area contributed by atoms with Crippen LogP contribution in [0.1, 0.15) is 49.4 Å². The molecule has 1 amide bonds. The Kier molecular flexibility index (Phi) is 7.19. The van der Waals surface area contributed by atoms with Crippen molar-refractivity contribution in [2.75, 3.05) is 26.3 Å². The van der Waals surface area contributed by atoms with E-state index >= 15 is 0 Å². The Morgan fingerprint density at radius 1 is 1.00 bits per heavy atom. The zero-order valence-electron chi connectivity index (χ0n) is 20.3. The molecular weight excluding hydrogens is 452 g/mol. The number of fused-ring (bicyclic) bond motifs is 1. The second-order valence-electron chi connectivity index (χ2n) is 9.58. The van der Waals surface area contributed by atoms with E-state index in [1.54, 1.807) is 6.07 Å². The van der Waals surface area contributed by atoms with Crippen LogP contribution in [0.5, 0.6) is 11.5 Å². The summed E-state index contributed by atoms with van der Waals surface area (Å²) >= 11 is 0. The summed E-state index contributed by atoms with van der Waals surface area (Å²) in [6, 6.07) is 11.0. The lowest BCUT2D eigenvalue weighted by molar-refractivity contribution is -0.127. The Balaban J connectivity index is 1.41. The molecule has 7 nitrogen and oxygen atoms in total. The van der Waals surface area contributed by atoms with Gasteiger partial charge in [0, 0.05) is 19.0 Å². The molecule has 0 bridgehead atoms. The van der Waals surface area contributed by atoms with Crippen molar-refractivity contribution < 1.29 is 22.7 Å². The fraction of sp³-hybridized carbons (Fsp3) is 0.500. The minimum atomic E-state index is -3.57. The molecule has 2 aromatic rings. The molecule has 2 aliphatic heterocycles. The number of hydrogen-bond acceptors (Lipinski definition) is 5. The van der Waals surface area contributed by atoms with Gasteiger partial charge in [-0.15, -0.1) is 0 Å². The topological polar surface area (TPSA) is 84.9 Å². The van der Waals surface area contributed by atoms with E-state index < -0.39 is 10.0 Å². The Morgan fingerprint density at radius 2 is 1.68 bits per heavy atom. The quantitative estimate of drug-likeness (QED) is 0.667. The fourth-order valence-electron chi connectivity index (χ4n) is 4.75. The number of nitrogens with zero attached hydrogens (tertiary/aromatic N) is 1. The van der Waals surface area contributed by atoms with Gasteiger partial charge in [-0.05, 0) is 61.9 Å². The van der Waals surface area contributed by atoms with Gasteiger partial charge in [0.05, 0.1) is 10.9 Å². The zero-order chi connectivity index (χ0) is 24.5. The van der Waals surface area contributed by atoms with Crippen LogP contribution in [0.3, 0.4) is 0 Å². The van der Waals surface area contributed by atoms with Gasteiger partial charge in [-0.3, -0.25) is 4.79 Å². The molecule has 4 rings (SSSR count). The molecule has 2 aromatic carbocycles. The summed E-state index contributed by atoms with van der Waals surface area (Å²) in [5, 5.41) is 3.21. The SMILES string of the molecule is Cc1ccc(S(=O)(=O)N2CCC(C(=O)NC(c3ccc4c(c3)OCCO4)C(C)C)CC2)c(C)c1. The van der Waals surface area contributed by atoms with Crippen LogP contribution in [0, 0.1) is 25.7 Å². The minimum Gasteiger partial charge on any atom is -0.486 e. The number of benzene rings is 2. The van der Waals surface area contributed by atoms with E-state index in [0.29, 0.717) is 49.8 Å². The predicted molar refractivity (Wildman–Crippen MR) is 131 cm³/mol.